The van der Waals surface area contributed by atoms with Crippen LogP contribution in [0.25, 0.3) is 0 Å². The van der Waals surface area contributed by atoms with Crippen molar-refractivity contribution in [3.05, 3.63) is 47.9 Å². The van der Waals surface area contributed by atoms with Gasteiger partial charge >= 0.3 is 0 Å². The van der Waals surface area contributed by atoms with E-state index in [1.54, 1.807) is 19.2 Å². The summed E-state index contributed by atoms with van der Waals surface area (Å²) < 4.78 is 16.2. The van der Waals surface area contributed by atoms with Crippen molar-refractivity contribution in [3.8, 4) is 11.5 Å². The van der Waals surface area contributed by atoms with Gasteiger partial charge in [0.25, 0.3) is 5.91 Å². The van der Waals surface area contributed by atoms with Crippen molar-refractivity contribution in [1.29, 1.82) is 0 Å². The molecule has 1 saturated carbocycles. The number of nitrogens with one attached hydrogen (secondary N) is 1. The van der Waals surface area contributed by atoms with E-state index in [1.165, 1.54) is 12.6 Å². The average molecular weight is 328 g/mol. The molecule has 0 bridgehead atoms. The van der Waals surface area contributed by atoms with E-state index in [0.717, 1.165) is 5.76 Å². The Hall–Kier alpha value is -2.76. The first-order valence-corrected chi connectivity index (χ1v) is 7.85. The van der Waals surface area contributed by atoms with Gasteiger partial charge < -0.3 is 13.9 Å². The van der Waals surface area contributed by atoms with E-state index in [0.29, 0.717) is 29.1 Å². The fraction of sp³-hybridized carbons (Fsp3) is 0.333. The van der Waals surface area contributed by atoms with Crippen LogP contribution in [0.1, 0.15) is 30.8 Å². The molecular formula is C18H20N2O4. The van der Waals surface area contributed by atoms with E-state index in [4.69, 9.17) is 13.9 Å². The Bertz CT molecular complexity index is 738. The van der Waals surface area contributed by atoms with Gasteiger partial charge in [-0.3, -0.25) is 4.79 Å². The van der Waals surface area contributed by atoms with E-state index in [1.807, 2.05) is 24.3 Å². The Labute approximate surface area is 140 Å². The fourth-order valence-electron chi connectivity index (χ4n) is 2.44. The minimum atomic E-state index is -0.361. The number of amides is 1. The molecule has 6 nitrogen and oxygen atoms in total. The van der Waals surface area contributed by atoms with E-state index in [2.05, 4.69) is 17.5 Å². The summed E-state index contributed by atoms with van der Waals surface area (Å²) in [5.74, 6) is 3.54. The molecule has 0 radical (unpaired) electrons. The quantitative estimate of drug-likeness (QED) is 0.626. The lowest BCUT2D eigenvalue weighted by atomic mass is 10.3. The SMILES string of the molecule is COc1ccccc1OCC(=O)N/N=C\c1ccc([C@H]2C[C@@H]2C)o1. The molecule has 0 unspecified atom stereocenters. The molecule has 1 aromatic carbocycles. The number of carbonyl (C=O) groups is 1. The minimum absolute atomic E-state index is 0.152. The molecular weight excluding hydrogens is 308 g/mol. The molecule has 1 heterocycles. The van der Waals surface area contributed by atoms with Gasteiger partial charge in [0.2, 0.25) is 0 Å². The van der Waals surface area contributed by atoms with Gasteiger partial charge in [-0.05, 0) is 36.6 Å². The van der Waals surface area contributed by atoms with E-state index >= 15 is 0 Å². The lowest BCUT2D eigenvalue weighted by molar-refractivity contribution is -0.123. The standard InChI is InChI=1S/C18H20N2O4/c1-12-9-14(12)15-8-7-13(24-15)10-19-20-18(21)11-23-17-6-4-3-5-16(17)22-2/h3-8,10,12,14H,9,11H2,1-2H3,(H,20,21)/b19-10-/t12-,14-/m0/s1. The highest BCUT2D eigenvalue weighted by Gasteiger charge is 2.36. The lowest BCUT2D eigenvalue weighted by Gasteiger charge is -2.08. The number of furan rings is 1. The zero-order valence-electron chi connectivity index (χ0n) is 13.7. The van der Waals surface area contributed by atoms with Gasteiger partial charge in [-0.2, -0.15) is 5.10 Å². The monoisotopic (exact) mass is 328 g/mol. The summed E-state index contributed by atoms with van der Waals surface area (Å²) in [4.78, 5) is 11.8. The predicted octanol–water partition coefficient (Wildman–Crippen LogP) is 2.94. The van der Waals surface area contributed by atoms with Crippen LogP contribution in [0.15, 0.2) is 45.9 Å². The molecule has 3 rings (SSSR count). The maximum Gasteiger partial charge on any atom is 0.277 e. The summed E-state index contributed by atoms with van der Waals surface area (Å²) in [5, 5.41) is 3.88. The number of ether oxygens (including phenoxy) is 2. The van der Waals surface area contributed by atoms with E-state index in [-0.39, 0.29) is 12.5 Å². The van der Waals surface area contributed by atoms with E-state index in [9.17, 15) is 4.79 Å². The molecule has 1 aliphatic carbocycles. The molecule has 1 amide bonds. The van der Waals surface area contributed by atoms with Crippen molar-refractivity contribution in [2.45, 2.75) is 19.3 Å². The zero-order valence-corrected chi connectivity index (χ0v) is 13.7. The normalized spacial score (nSPS) is 19.2. The Morgan fingerprint density at radius 1 is 1.33 bits per heavy atom. The third kappa shape index (κ3) is 3.95. The van der Waals surface area contributed by atoms with Gasteiger partial charge in [0.1, 0.15) is 11.5 Å². The number of benzene rings is 1. The zero-order chi connectivity index (χ0) is 16.9. The summed E-state index contributed by atoms with van der Waals surface area (Å²) in [6.45, 7) is 2.05. The Balaban J connectivity index is 1.46. The van der Waals surface area contributed by atoms with E-state index < -0.39 is 0 Å². The molecule has 0 saturated heterocycles. The number of hydrogen-bond acceptors (Lipinski definition) is 5. The smallest absolute Gasteiger partial charge is 0.277 e. The number of rotatable bonds is 7. The Morgan fingerprint density at radius 2 is 2.08 bits per heavy atom. The topological polar surface area (TPSA) is 73.1 Å². The molecule has 0 aliphatic heterocycles. The second-order valence-electron chi connectivity index (χ2n) is 5.79. The largest absolute Gasteiger partial charge is 0.493 e. The van der Waals surface area contributed by atoms with Crippen molar-refractivity contribution in [3.63, 3.8) is 0 Å². The van der Waals surface area contributed by atoms with Crippen LogP contribution in [0.4, 0.5) is 0 Å². The molecule has 1 aromatic heterocycles. The van der Waals surface area contributed by atoms with Crippen LogP contribution in [-0.2, 0) is 4.79 Å². The van der Waals surface area contributed by atoms with Crippen molar-refractivity contribution in [2.75, 3.05) is 13.7 Å². The van der Waals surface area contributed by atoms with Gasteiger partial charge in [0.05, 0.1) is 13.3 Å². The number of hydrogen-bond donors (Lipinski definition) is 1. The molecule has 2 atom stereocenters. The van der Waals surface area contributed by atoms with Crippen molar-refractivity contribution < 1.29 is 18.7 Å². The summed E-state index contributed by atoms with van der Waals surface area (Å²) in [5.41, 5.74) is 2.41. The van der Waals surface area contributed by atoms with Crippen molar-refractivity contribution in [2.24, 2.45) is 11.0 Å². The molecule has 1 N–H and O–H groups in total. The predicted molar refractivity (Wildman–Crippen MR) is 89.5 cm³/mol. The minimum Gasteiger partial charge on any atom is -0.493 e. The molecule has 2 aromatic rings. The molecule has 1 fully saturated rings. The van der Waals surface area contributed by atoms with Gasteiger partial charge in [-0.25, -0.2) is 5.43 Å². The van der Waals surface area contributed by atoms with Gasteiger partial charge in [0, 0.05) is 5.92 Å². The summed E-state index contributed by atoms with van der Waals surface area (Å²) in [6.07, 6.45) is 2.65. The number of hydrazone groups is 1. The van der Waals surface area contributed by atoms with Crippen LogP contribution in [0, 0.1) is 5.92 Å². The lowest BCUT2D eigenvalue weighted by Crippen LogP contribution is -2.24. The first kappa shape index (κ1) is 16.1. The van der Waals surface area contributed by atoms with Gasteiger partial charge in [-0.15, -0.1) is 0 Å². The summed E-state index contributed by atoms with van der Waals surface area (Å²) in [7, 11) is 1.55. The molecule has 1 aliphatic rings. The molecule has 6 heteroatoms. The number of para-hydroxylation sites is 2. The maximum absolute atomic E-state index is 11.8. The molecule has 126 valence electrons. The first-order chi connectivity index (χ1) is 11.7. The maximum atomic E-state index is 11.8. The first-order valence-electron chi connectivity index (χ1n) is 7.85. The molecule has 24 heavy (non-hydrogen) atoms. The van der Waals surface area contributed by atoms with Crippen molar-refractivity contribution in [1.82, 2.24) is 5.43 Å². The van der Waals surface area contributed by atoms with Gasteiger partial charge in [0.15, 0.2) is 18.1 Å². The number of carbonyl (C=O) groups excluding carboxylic acids is 1. The molecule has 0 spiro atoms. The van der Waals surface area contributed by atoms with Crippen LogP contribution in [-0.4, -0.2) is 25.8 Å². The van der Waals surface area contributed by atoms with Crippen molar-refractivity contribution >= 4 is 12.1 Å². The van der Waals surface area contributed by atoms with Crippen LogP contribution < -0.4 is 14.9 Å². The van der Waals surface area contributed by atoms with Crippen LogP contribution in [0.3, 0.4) is 0 Å². The van der Waals surface area contributed by atoms with Crippen LogP contribution in [0.2, 0.25) is 0 Å². The summed E-state index contributed by atoms with van der Waals surface area (Å²) >= 11 is 0. The highest BCUT2D eigenvalue weighted by atomic mass is 16.5. The third-order valence-electron chi connectivity index (χ3n) is 3.93. The van der Waals surface area contributed by atoms with Crippen LogP contribution in [0.5, 0.6) is 11.5 Å². The van der Waals surface area contributed by atoms with Gasteiger partial charge in [-0.1, -0.05) is 19.1 Å². The Morgan fingerprint density at radius 3 is 2.79 bits per heavy atom. The second kappa shape index (κ2) is 7.21. The Kier molecular flexibility index (Phi) is 4.84. The average Bonchev–Trinajstić information content (AvgIpc) is 3.14. The highest BCUT2D eigenvalue weighted by Crippen LogP contribution is 2.47. The van der Waals surface area contributed by atoms with Crippen LogP contribution >= 0.6 is 0 Å². The highest BCUT2D eigenvalue weighted by molar-refractivity contribution is 5.81. The number of methoxy groups -OCH3 is 1. The second-order valence-corrected chi connectivity index (χ2v) is 5.79. The summed E-state index contributed by atoms with van der Waals surface area (Å²) in [6, 6.07) is 10.9. The number of nitrogens with zero attached hydrogens (tertiary/aromatic N) is 1. The third-order valence-corrected chi connectivity index (χ3v) is 3.93. The fourth-order valence-corrected chi connectivity index (χ4v) is 2.44.